The minimum absolute atomic E-state index is 0.133. The molecule has 0 aromatic heterocycles. The zero-order valence-electron chi connectivity index (χ0n) is 30.3. The van der Waals surface area contributed by atoms with Gasteiger partial charge in [-0.25, -0.2) is 0 Å². The van der Waals surface area contributed by atoms with Crippen molar-refractivity contribution >= 4 is 5.91 Å². The zero-order valence-corrected chi connectivity index (χ0v) is 30.3. The number of nitrogens with one attached hydrogen (secondary N) is 1. The fourth-order valence-corrected chi connectivity index (χ4v) is 6.45. The molecule has 1 aliphatic heterocycles. The van der Waals surface area contributed by atoms with Crippen LogP contribution in [0.3, 0.4) is 0 Å². The molecule has 0 spiro atoms. The Morgan fingerprint density at radius 2 is 1.06 bits per heavy atom. The summed E-state index contributed by atoms with van der Waals surface area (Å²) in [6.07, 6.45) is 22.5. The van der Waals surface area contributed by atoms with Gasteiger partial charge in [-0.05, 0) is 12.8 Å². The fraction of sp³-hybridized carbons (Fsp3) is 0.974. The molecule has 9 heteroatoms. The van der Waals surface area contributed by atoms with Crippen LogP contribution >= 0.6 is 0 Å². The molecule has 7 atom stereocenters. The van der Waals surface area contributed by atoms with Crippen molar-refractivity contribution in [1.82, 2.24) is 5.32 Å². The smallest absolute Gasteiger partial charge is 0.220 e. The van der Waals surface area contributed by atoms with E-state index in [2.05, 4.69) is 19.2 Å². The molecule has 6 N–H and O–H groups in total. The molecule has 0 saturated carbocycles. The fourth-order valence-electron chi connectivity index (χ4n) is 6.45. The number of amides is 1. The Bertz CT molecular complexity index is 711. The van der Waals surface area contributed by atoms with Crippen molar-refractivity contribution in [1.29, 1.82) is 0 Å². The quantitative estimate of drug-likeness (QED) is 0.0426. The van der Waals surface area contributed by atoms with E-state index in [0.29, 0.717) is 12.8 Å². The van der Waals surface area contributed by atoms with Gasteiger partial charge in [-0.1, -0.05) is 162 Å². The van der Waals surface area contributed by atoms with Gasteiger partial charge in [0.05, 0.1) is 25.4 Å². The summed E-state index contributed by atoms with van der Waals surface area (Å²) in [6.45, 7) is 3.80. The molecule has 0 aromatic carbocycles. The third-order valence-electron chi connectivity index (χ3n) is 9.71. The SMILES string of the molecule is CCCCCCCCCCCCCCCCCC(O)C(COC1OC(CO)C(O)C(O)C1O)NC(=O)CCCCCCCCCCC. The highest BCUT2D eigenvalue weighted by Crippen LogP contribution is 2.23. The second kappa shape index (κ2) is 30.1. The summed E-state index contributed by atoms with van der Waals surface area (Å²) >= 11 is 0. The lowest BCUT2D eigenvalue weighted by atomic mass is 9.99. The van der Waals surface area contributed by atoms with Crippen molar-refractivity contribution in [2.24, 2.45) is 0 Å². The van der Waals surface area contributed by atoms with Gasteiger partial charge in [0.1, 0.15) is 24.4 Å². The topological polar surface area (TPSA) is 149 Å². The van der Waals surface area contributed by atoms with Crippen molar-refractivity contribution in [2.45, 2.75) is 224 Å². The van der Waals surface area contributed by atoms with E-state index in [1.807, 2.05) is 0 Å². The van der Waals surface area contributed by atoms with Gasteiger partial charge in [-0.15, -0.1) is 0 Å². The van der Waals surface area contributed by atoms with Crippen molar-refractivity contribution in [3.63, 3.8) is 0 Å². The minimum atomic E-state index is -1.55. The number of ether oxygens (including phenoxy) is 2. The average molecular weight is 674 g/mol. The van der Waals surface area contributed by atoms with Gasteiger partial charge in [0.15, 0.2) is 6.29 Å². The van der Waals surface area contributed by atoms with E-state index < -0.39 is 49.5 Å². The molecule has 0 radical (unpaired) electrons. The number of aliphatic hydroxyl groups is 5. The van der Waals surface area contributed by atoms with Crippen LogP contribution in [0.5, 0.6) is 0 Å². The molecule has 9 nitrogen and oxygen atoms in total. The number of hydrogen-bond acceptors (Lipinski definition) is 8. The van der Waals surface area contributed by atoms with Gasteiger partial charge in [0, 0.05) is 6.42 Å². The van der Waals surface area contributed by atoms with Crippen LogP contribution in [0.25, 0.3) is 0 Å². The Labute approximate surface area is 287 Å². The lowest BCUT2D eigenvalue weighted by molar-refractivity contribution is -0.302. The summed E-state index contributed by atoms with van der Waals surface area (Å²) in [6, 6.07) is -0.708. The minimum Gasteiger partial charge on any atom is -0.394 e. The van der Waals surface area contributed by atoms with Crippen molar-refractivity contribution in [3.05, 3.63) is 0 Å². The van der Waals surface area contributed by atoms with Crippen molar-refractivity contribution in [3.8, 4) is 0 Å². The zero-order chi connectivity index (χ0) is 34.5. The van der Waals surface area contributed by atoms with Gasteiger partial charge in [-0.2, -0.15) is 0 Å². The van der Waals surface area contributed by atoms with E-state index >= 15 is 0 Å². The summed E-state index contributed by atoms with van der Waals surface area (Å²) in [7, 11) is 0. The molecule has 1 heterocycles. The van der Waals surface area contributed by atoms with Gasteiger partial charge in [0.25, 0.3) is 0 Å². The molecule has 1 fully saturated rings. The number of unbranched alkanes of at least 4 members (excludes halogenated alkanes) is 22. The van der Waals surface area contributed by atoms with E-state index in [9.17, 15) is 30.3 Å². The van der Waals surface area contributed by atoms with Gasteiger partial charge >= 0.3 is 0 Å². The Kier molecular flexibility index (Phi) is 28.3. The third kappa shape index (κ3) is 21.8. The lowest BCUT2D eigenvalue weighted by Gasteiger charge is -2.40. The van der Waals surface area contributed by atoms with E-state index in [1.54, 1.807) is 0 Å². The molecule has 47 heavy (non-hydrogen) atoms. The Hall–Kier alpha value is -0.810. The number of carbonyl (C=O) groups is 1. The standard InChI is InChI=1S/C38H75NO8/c1-3-5-7-9-11-13-14-15-16-17-18-20-21-23-25-27-32(41)31(30-46-38-37(45)36(44)35(43)33(29-40)47-38)39-34(42)28-26-24-22-19-12-10-8-6-4-2/h31-33,35-38,40-41,43-45H,3-30H2,1-2H3,(H,39,42). The van der Waals surface area contributed by atoms with Crippen LogP contribution in [0.2, 0.25) is 0 Å². The first kappa shape index (κ1) is 44.2. The Morgan fingerprint density at radius 3 is 1.51 bits per heavy atom. The van der Waals surface area contributed by atoms with Gasteiger partial charge in [-0.3, -0.25) is 4.79 Å². The van der Waals surface area contributed by atoms with Crippen LogP contribution in [0, 0.1) is 0 Å². The van der Waals surface area contributed by atoms with E-state index in [-0.39, 0.29) is 12.5 Å². The maximum atomic E-state index is 12.8. The van der Waals surface area contributed by atoms with Crippen LogP contribution in [-0.4, -0.2) is 87.5 Å². The number of hydrogen-bond donors (Lipinski definition) is 6. The predicted molar refractivity (Wildman–Crippen MR) is 189 cm³/mol. The number of rotatable bonds is 32. The molecule has 0 bridgehead atoms. The highest BCUT2D eigenvalue weighted by molar-refractivity contribution is 5.76. The van der Waals surface area contributed by atoms with Crippen LogP contribution in [0.15, 0.2) is 0 Å². The van der Waals surface area contributed by atoms with Gasteiger partial charge < -0.3 is 40.3 Å². The monoisotopic (exact) mass is 674 g/mol. The highest BCUT2D eigenvalue weighted by atomic mass is 16.7. The first-order valence-electron chi connectivity index (χ1n) is 19.7. The van der Waals surface area contributed by atoms with E-state index in [0.717, 1.165) is 38.5 Å². The third-order valence-corrected chi connectivity index (χ3v) is 9.71. The summed E-state index contributed by atoms with van der Waals surface area (Å²) in [4.78, 5) is 12.8. The van der Waals surface area contributed by atoms with Gasteiger partial charge in [0.2, 0.25) is 5.91 Å². The lowest BCUT2D eigenvalue weighted by Crippen LogP contribution is -2.60. The second-order valence-electron chi connectivity index (χ2n) is 14.1. The molecule has 1 saturated heterocycles. The molecular weight excluding hydrogens is 598 g/mol. The largest absolute Gasteiger partial charge is 0.394 e. The summed E-state index contributed by atoms with van der Waals surface area (Å²) in [5.41, 5.74) is 0. The molecule has 1 rings (SSSR count). The van der Waals surface area contributed by atoms with E-state index in [1.165, 1.54) is 116 Å². The number of aliphatic hydroxyl groups excluding tert-OH is 5. The number of carbonyl (C=O) groups excluding carboxylic acids is 1. The second-order valence-corrected chi connectivity index (χ2v) is 14.1. The molecule has 0 aliphatic carbocycles. The van der Waals surface area contributed by atoms with Crippen molar-refractivity contribution < 1.29 is 39.8 Å². The molecule has 1 amide bonds. The Morgan fingerprint density at radius 1 is 0.638 bits per heavy atom. The van der Waals surface area contributed by atoms with Crippen LogP contribution in [0.1, 0.15) is 181 Å². The molecule has 7 unspecified atom stereocenters. The summed E-state index contributed by atoms with van der Waals surface area (Å²) in [5, 5.41) is 54.0. The molecule has 0 aromatic rings. The Balaban J connectivity index is 2.39. The summed E-state index contributed by atoms with van der Waals surface area (Å²) < 4.78 is 11.2. The van der Waals surface area contributed by atoms with Crippen LogP contribution < -0.4 is 5.32 Å². The first-order chi connectivity index (χ1) is 22.8. The highest BCUT2D eigenvalue weighted by Gasteiger charge is 2.44. The maximum Gasteiger partial charge on any atom is 0.220 e. The van der Waals surface area contributed by atoms with Crippen molar-refractivity contribution in [2.75, 3.05) is 13.2 Å². The van der Waals surface area contributed by atoms with Crippen LogP contribution in [0.4, 0.5) is 0 Å². The summed E-state index contributed by atoms with van der Waals surface area (Å²) in [5.74, 6) is -0.147. The van der Waals surface area contributed by atoms with Crippen LogP contribution in [-0.2, 0) is 14.3 Å². The average Bonchev–Trinajstić information content (AvgIpc) is 3.07. The maximum absolute atomic E-state index is 12.8. The predicted octanol–water partition coefficient (Wildman–Crippen LogP) is 6.83. The molecular formula is C38H75NO8. The molecule has 280 valence electrons. The normalized spacial score (nSPS) is 22.7. The first-order valence-corrected chi connectivity index (χ1v) is 19.7. The van der Waals surface area contributed by atoms with E-state index in [4.69, 9.17) is 9.47 Å². The molecule has 1 aliphatic rings.